The maximum absolute atomic E-state index is 13.4. The van der Waals surface area contributed by atoms with Crippen LogP contribution < -0.4 is 10.0 Å². The third kappa shape index (κ3) is 7.22. The van der Waals surface area contributed by atoms with E-state index in [-0.39, 0.29) is 47.1 Å². The van der Waals surface area contributed by atoms with E-state index in [0.29, 0.717) is 31.7 Å². The van der Waals surface area contributed by atoms with Crippen LogP contribution in [0.2, 0.25) is 0 Å². The van der Waals surface area contributed by atoms with Crippen LogP contribution in [0.4, 0.5) is 0 Å². The highest BCUT2D eigenvalue weighted by Gasteiger charge is 2.39. The molecule has 0 saturated heterocycles. The van der Waals surface area contributed by atoms with Crippen LogP contribution in [0.15, 0.2) is 0 Å². The highest BCUT2D eigenvalue weighted by Crippen LogP contribution is 2.33. The summed E-state index contributed by atoms with van der Waals surface area (Å²) in [5.74, 6) is 0.474. The molecule has 4 saturated carbocycles. The summed E-state index contributed by atoms with van der Waals surface area (Å²) in [5, 5.41) is 2.87. The van der Waals surface area contributed by atoms with Crippen LogP contribution in [-0.2, 0) is 24.3 Å². The summed E-state index contributed by atoms with van der Waals surface area (Å²) in [5.41, 5.74) is 0. The lowest BCUT2D eigenvalue weighted by Gasteiger charge is -2.40. The summed E-state index contributed by atoms with van der Waals surface area (Å²) in [6.45, 7) is 2.84. The van der Waals surface area contributed by atoms with Crippen molar-refractivity contribution in [3.63, 3.8) is 0 Å². The topological polar surface area (TPSA) is 105 Å². The van der Waals surface area contributed by atoms with Crippen LogP contribution in [0.1, 0.15) is 103 Å². The Labute approximate surface area is 217 Å². The maximum Gasteiger partial charge on any atom is 0.226 e. The lowest BCUT2D eigenvalue weighted by Crippen LogP contribution is -2.52. The molecular weight excluding hydrogens is 478 g/mol. The number of ether oxygens (including phenoxy) is 1. The monoisotopic (exact) mass is 525 g/mol. The molecule has 4 aliphatic carbocycles. The molecule has 9 heteroatoms. The summed E-state index contributed by atoms with van der Waals surface area (Å²) < 4.78 is 33.6. The number of hydrogen-bond donors (Lipinski definition) is 2. The van der Waals surface area contributed by atoms with E-state index in [1.54, 1.807) is 7.11 Å². The van der Waals surface area contributed by atoms with E-state index in [2.05, 4.69) is 21.9 Å². The fraction of sp³-hybridized carbons (Fsp3) is 0.926. The fourth-order valence-electron chi connectivity index (χ4n) is 6.70. The second kappa shape index (κ2) is 12.6. The fourth-order valence-corrected chi connectivity index (χ4v) is 8.49. The average molecular weight is 526 g/mol. The van der Waals surface area contributed by atoms with Gasteiger partial charge in [-0.3, -0.25) is 9.59 Å². The van der Waals surface area contributed by atoms with E-state index in [0.717, 1.165) is 57.9 Å². The SMILES string of the molecule is CCN(C(=O)C1CCC(NC(=O)CC2CCC(S(=O)(=O)NC3CC3)CC2)C(OC)C1)C1CCCCC1. The average Bonchev–Trinajstić information content (AvgIpc) is 3.69. The smallest absolute Gasteiger partial charge is 0.226 e. The minimum atomic E-state index is -3.23. The molecule has 4 aliphatic rings. The third-order valence-electron chi connectivity index (χ3n) is 9.04. The van der Waals surface area contributed by atoms with E-state index < -0.39 is 10.0 Å². The minimum absolute atomic E-state index is 0.0200. The first kappa shape index (κ1) is 27.8. The van der Waals surface area contributed by atoms with Crippen LogP contribution >= 0.6 is 0 Å². The largest absolute Gasteiger partial charge is 0.379 e. The summed E-state index contributed by atoms with van der Waals surface area (Å²) in [7, 11) is -1.56. The molecule has 0 heterocycles. The molecule has 2 N–H and O–H groups in total. The van der Waals surface area contributed by atoms with Crippen molar-refractivity contribution in [1.29, 1.82) is 0 Å². The Balaban J connectivity index is 1.22. The van der Waals surface area contributed by atoms with Gasteiger partial charge in [0.2, 0.25) is 21.8 Å². The minimum Gasteiger partial charge on any atom is -0.379 e. The Morgan fingerprint density at radius 1 is 0.917 bits per heavy atom. The lowest BCUT2D eigenvalue weighted by atomic mass is 9.81. The van der Waals surface area contributed by atoms with Gasteiger partial charge >= 0.3 is 0 Å². The molecule has 0 aliphatic heterocycles. The molecule has 0 bridgehead atoms. The number of hydrogen-bond acceptors (Lipinski definition) is 5. The molecule has 206 valence electrons. The Morgan fingerprint density at radius 2 is 1.61 bits per heavy atom. The number of amides is 2. The van der Waals surface area contributed by atoms with Crippen molar-refractivity contribution in [1.82, 2.24) is 14.9 Å². The maximum atomic E-state index is 13.4. The van der Waals surface area contributed by atoms with Crippen LogP contribution in [0.25, 0.3) is 0 Å². The van der Waals surface area contributed by atoms with Crippen LogP contribution in [0.5, 0.6) is 0 Å². The van der Waals surface area contributed by atoms with E-state index in [4.69, 9.17) is 4.74 Å². The van der Waals surface area contributed by atoms with Crippen molar-refractivity contribution in [3.05, 3.63) is 0 Å². The Kier molecular flexibility index (Phi) is 9.72. The molecule has 4 fully saturated rings. The molecule has 0 aromatic heterocycles. The lowest BCUT2D eigenvalue weighted by molar-refractivity contribution is -0.141. The normalized spacial score (nSPS) is 32.1. The van der Waals surface area contributed by atoms with Gasteiger partial charge in [-0.05, 0) is 83.5 Å². The zero-order valence-corrected chi connectivity index (χ0v) is 23.1. The van der Waals surface area contributed by atoms with Gasteiger partial charge in [-0.15, -0.1) is 0 Å². The predicted octanol–water partition coefficient (Wildman–Crippen LogP) is 3.50. The molecule has 3 unspecified atom stereocenters. The van der Waals surface area contributed by atoms with Gasteiger partial charge in [0.25, 0.3) is 0 Å². The molecule has 2 amide bonds. The van der Waals surface area contributed by atoms with E-state index in [9.17, 15) is 18.0 Å². The quantitative estimate of drug-likeness (QED) is 0.454. The number of nitrogens with one attached hydrogen (secondary N) is 2. The number of nitrogens with zero attached hydrogens (tertiary/aromatic N) is 1. The van der Waals surface area contributed by atoms with Gasteiger partial charge in [0.1, 0.15) is 0 Å². The van der Waals surface area contributed by atoms with E-state index >= 15 is 0 Å². The van der Waals surface area contributed by atoms with Gasteiger partial charge in [-0.25, -0.2) is 13.1 Å². The van der Waals surface area contributed by atoms with E-state index in [1.165, 1.54) is 19.3 Å². The second-order valence-corrected chi connectivity index (χ2v) is 13.7. The predicted molar refractivity (Wildman–Crippen MR) is 140 cm³/mol. The molecule has 8 nitrogen and oxygen atoms in total. The number of carbonyl (C=O) groups is 2. The number of methoxy groups -OCH3 is 1. The molecule has 0 spiro atoms. The zero-order valence-electron chi connectivity index (χ0n) is 22.3. The van der Waals surface area contributed by atoms with Crippen molar-refractivity contribution < 1.29 is 22.7 Å². The summed E-state index contributed by atoms with van der Waals surface area (Å²) in [6.07, 6.45) is 13.1. The van der Waals surface area contributed by atoms with Gasteiger partial charge in [0, 0.05) is 38.1 Å². The van der Waals surface area contributed by atoms with Crippen molar-refractivity contribution in [2.75, 3.05) is 13.7 Å². The van der Waals surface area contributed by atoms with Crippen molar-refractivity contribution in [2.24, 2.45) is 11.8 Å². The summed E-state index contributed by atoms with van der Waals surface area (Å²) >= 11 is 0. The van der Waals surface area contributed by atoms with Crippen molar-refractivity contribution >= 4 is 21.8 Å². The molecule has 0 radical (unpaired) electrons. The zero-order chi connectivity index (χ0) is 25.7. The van der Waals surface area contributed by atoms with Crippen LogP contribution in [-0.4, -0.2) is 68.3 Å². The number of sulfonamides is 1. The van der Waals surface area contributed by atoms with Crippen LogP contribution in [0.3, 0.4) is 0 Å². The summed E-state index contributed by atoms with van der Waals surface area (Å²) in [4.78, 5) is 28.4. The summed E-state index contributed by atoms with van der Waals surface area (Å²) in [6, 6.07) is 0.454. The molecule has 36 heavy (non-hydrogen) atoms. The molecule has 4 rings (SSSR count). The first-order valence-corrected chi connectivity index (χ1v) is 16.0. The van der Waals surface area contributed by atoms with Crippen LogP contribution in [0, 0.1) is 11.8 Å². The highest BCUT2D eigenvalue weighted by molar-refractivity contribution is 7.90. The van der Waals surface area contributed by atoms with E-state index in [1.807, 2.05) is 0 Å². The second-order valence-electron chi connectivity index (χ2n) is 11.7. The third-order valence-corrected chi connectivity index (χ3v) is 11.1. The van der Waals surface area contributed by atoms with Crippen molar-refractivity contribution in [3.8, 4) is 0 Å². The van der Waals surface area contributed by atoms with Gasteiger partial charge in [0.05, 0.1) is 17.4 Å². The first-order chi connectivity index (χ1) is 17.3. The molecule has 0 aromatic rings. The first-order valence-electron chi connectivity index (χ1n) is 14.4. The Hall–Kier alpha value is -1.19. The standard InChI is InChI=1S/C27H47N3O5S/c1-3-30(22-7-5-4-6-8-22)27(32)20-11-16-24(25(18-20)35-2)28-26(31)17-19-9-14-23(15-10-19)36(33,34)29-21-12-13-21/h19-25,29H,3-18H2,1-2H3,(H,28,31). The van der Waals surface area contributed by atoms with Gasteiger partial charge < -0.3 is 15.0 Å². The molecule has 3 atom stereocenters. The molecule has 0 aromatic carbocycles. The number of rotatable bonds is 10. The van der Waals surface area contributed by atoms with Crippen molar-refractivity contribution in [2.45, 2.75) is 133 Å². The van der Waals surface area contributed by atoms with Gasteiger partial charge in [0.15, 0.2) is 0 Å². The highest BCUT2D eigenvalue weighted by atomic mass is 32.2. The Bertz CT molecular complexity index is 847. The van der Waals surface area contributed by atoms with Gasteiger partial charge in [-0.2, -0.15) is 0 Å². The van der Waals surface area contributed by atoms with Gasteiger partial charge in [-0.1, -0.05) is 19.3 Å². The number of carbonyl (C=O) groups excluding carboxylic acids is 2. The Morgan fingerprint density at radius 3 is 2.22 bits per heavy atom. The molecular formula is C27H47N3O5S.